The van der Waals surface area contributed by atoms with Gasteiger partial charge in [0, 0.05) is 17.6 Å². The molecule has 0 amide bonds. The molecular weight excluding hydrogens is 304 g/mol. The summed E-state index contributed by atoms with van der Waals surface area (Å²) in [5.74, 6) is 0.142. The molecule has 1 aromatic carbocycles. The van der Waals surface area contributed by atoms with Crippen LogP contribution in [0.2, 0.25) is 0 Å². The summed E-state index contributed by atoms with van der Waals surface area (Å²) in [6.07, 6.45) is 1.75. The zero-order chi connectivity index (χ0) is 17.3. The Hall–Kier alpha value is -2.89. The number of fused-ring (bicyclic) bond motifs is 1. The maximum Gasteiger partial charge on any atom is 0.317 e. The summed E-state index contributed by atoms with van der Waals surface area (Å²) < 4.78 is 6.76. The van der Waals surface area contributed by atoms with Gasteiger partial charge in [0.05, 0.1) is 23.5 Å². The van der Waals surface area contributed by atoms with E-state index in [9.17, 15) is 4.79 Å². The standard InChI is InChI=1S/C18H20N4O2/c1-4-24-17(23)18(2,3)15-11-16(19)22(21-15)13-7-8-14-12(10-13)6-5-9-20-14/h5-11H,4,19H2,1-3H3. The fourth-order valence-corrected chi connectivity index (χ4v) is 2.52. The molecule has 0 aliphatic rings. The minimum atomic E-state index is -0.867. The van der Waals surface area contributed by atoms with Crippen LogP contribution in [0.4, 0.5) is 5.82 Å². The number of nitrogens with zero attached hydrogens (tertiary/aromatic N) is 3. The zero-order valence-corrected chi connectivity index (χ0v) is 14.0. The van der Waals surface area contributed by atoms with Crippen molar-refractivity contribution in [1.29, 1.82) is 0 Å². The van der Waals surface area contributed by atoms with Crippen molar-refractivity contribution in [3.05, 3.63) is 48.3 Å². The molecule has 0 saturated carbocycles. The normalized spacial score (nSPS) is 11.6. The van der Waals surface area contributed by atoms with Crippen molar-refractivity contribution < 1.29 is 9.53 Å². The van der Waals surface area contributed by atoms with Crippen molar-refractivity contribution in [3.63, 3.8) is 0 Å². The summed E-state index contributed by atoms with van der Waals surface area (Å²) in [4.78, 5) is 16.5. The van der Waals surface area contributed by atoms with Gasteiger partial charge < -0.3 is 10.5 Å². The first-order chi connectivity index (χ1) is 11.4. The molecule has 0 saturated heterocycles. The van der Waals surface area contributed by atoms with E-state index in [1.807, 2.05) is 30.3 Å². The SMILES string of the molecule is CCOC(=O)C(C)(C)c1cc(N)n(-c2ccc3ncccc3c2)n1. The van der Waals surface area contributed by atoms with E-state index in [4.69, 9.17) is 10.5 Å². The van der Waals surface area contributed by atoms with E-state index in [2.05, 4.69) is 10.1 Å². The Morgan fingerprint density at radius 3 is 2.83 bits per heavy atom. The maximum absolute atomic E-state index is 12.2. The number of aromatic nitrogens is 3. The molecule has 0 aliphatic carbocycles. The minimum Gasteiger partial charge on any atom is -0.465 e. The lowest BCUT2D eigenvalue weighted by Gasteiger charge is -2.19. The van der Waals surface area contributed by atoms with Gasteiger partial charge >= 0.3 is 5.97 Å². The Labute approximate surface area is 140 Å². The van der Waals surface area contributed by atoms with E-state index >= 15 is 0 Å². The summed E-state index contributed by atoms with van der Waals surface area (Å²) >= 11 is 0. The number of rotatable bonds is 4. The summed E-state index contributed by atoms with van der Waals surface area (Å²) in [6.45, 7) is 5.67. The monoisotopic (exact) mass is 324 g/mol. The molecule has 0 unspecified atom stereocenters. The zero-order valence-electron chi connectivity index (χ0n) is 14.0. The van der Waals surface area contributed by atoms with Gasteiger partial charge in [0.2, 0.25) is 0 Å². The lowest BCUT2D eigenvalue weighted by Crippen LogP contribution is -2.31. The number of carbonyl (C=O) groups is 1. The third-order valence-electron chi connectivity index (χ3n) is 3.99. The highest BCUT2D eigenvalue weighted by Gasteiger charge is 2.34. The summed E-state index contributed by atoms with van der Waals surface area (Å²) in [7, 11) is 0. The Kier molecular flexibility index (Phi) is 3.97. The molecule has 0 bridgehead atoms. The number of nitrogen functional groups attached to an aromatic ring is 1. The van der Waals surface area contributed by atoms with Crippen LogP contribution >= 0.6 is 0 Å². The van der Waals surface area contributed by atoms with E-state index in [1.54, 1.807) is 37.7 Å². The van der Waals surface area contributed by atoms with Crippen molar-refractivity contribution in [2.75, 3.05) is 12.3 Å². The van der Waals surface area contributed by atoms with Gasteiger partial charge in [0.1, 0.15) is 11.2 Å². The van der Waals surface area contributed by atoms with Crippen LogP contribution in [0.5, 0.6) is 0 Å². The van der Waals surface area contributed by atoms with E-state index < -0.39 is 5.41 Å². The maximum atomic E-state index is 12.2. The predicted octanol–water partition coefficient (Wildman–Crippen LogP) is 2.84. The summed E-state index contributed by atoms with van der Waals surface area (Å²) in [5, 5.41) is 5.53. The molecule has 3 rings (SSSR count). The van der Waals surface area contributed by atoms with Crippen molar-refractivity contribution in [2.45, 2.75) is 26.2 Å². The molecule has 2 heterocycles. The van der Waals surface area contributed by atoms with E-state index in [1.165, 1.54) is 0 Å². The molecule has 24 heavy (non-hydrogen) atoms. The predicted molar refractivity (Wildman–Crippen MR) is 92.9 cm³/mol. The largest absolute Gasteiger partial charge is 0.465 e. The van der Waals surface area contributed by atoms with Crippen LogP contribution in [0, 0.1) is 0 Å². The molecule has 124 valence electrons. The Bertz CT molecular complexity index is 899. The summed E-state index contributed by atoms with van der Waals surface area (Å²) in [5.41, 5.74) is 7.55. The molecule has 2 N–H and O–H groups in total. The molecule has 0 atom stereocenters. The number of carbonyl (C=O) groups excluding carboxylic acids is 1. The van der Waals surface area contributed by atoms with Crippen molar-refractivity contribution >= 4 is 22.7 Å². The number of anilines is 1. The quantitative estimate of drug-likeness (QED) is 0.746. The average molecular weight is 324 g/mol. The van der Waals surface area contributed by atoms with Crippen LogP contribution in [0.1, 0.15) is 26.5 Å². The minimum absolute atomic E-state index is 0.322. The summed E-state index contributed by atoms with van der Waals surface area (Å²) in [6, 6.07) is 11.4. The molecule has 0 aliphatic heterocycles. The number of nitrogens with two attached hydrogens (primary N) is 1. The molecule has 0 radical (unpaired) electrons. The average Bonchev–Trinajstić information content (AvgIpc) is 2.97. The van der Waals surface area contributed by atoms with Crippen LogP contribution in [-0.4, -0.2) is 27.3 Å². The fraction of sp³-hybridized carbons (Fsp3) is 0.278. The van der Waals surface area contributed by atoms with Gasteiger partial charge in [-0.2, -0.15) is 5.10 Å². The lowest BCUT2D eigenvalue weighted by atomic mass is 9.89. The van der Waals surface area contributed by atoms with Crippen molar-refractivity contribution in [2.24, 2.45) is 0 Å². The molecule has 6 heteroatoms. The number of hydrogen-bond donors (Lipinski definition) is 1. The van der Waals surface area contributed by atoms with E-state index in [0.29, 0.717) is 18.1 Å². The van der Waals surface area contributed by atoms with Gasteiger partial charge in [-0.3, -0.25) is 9.78 Å². The number of benzene rings is 1. The first-order valence-electron chi connectivity index (χ1n) is 7.82. The van der Waals surface area contributed by atoms with Gasteiger partial charge in [-0.25, -0.2) is 4.68 Å². The van der Waals surface area contributed by atoms with Gasteiger partial charge in [-0.1, -0.05) is 6.07 Å². The second-order valence-corrected chi connectivity index (χ2v) is 6.09. The Morgan fingerprint density at radius 2 is 2.08 bits per heavy atom. The highest BCUT2D eigenvalue weighted by Crippen LogP contribution is 2.27. The van der Waals surface area contributed by atoms with Crippen molar-refractivity contribution in [3.8, 4) is 5.69 Å². The first-order valence-corrected chi connectivity index (χ1v) is 7.82. The van der Waals surface area contributed by atoms with E-state index in [0.717, 1.165) is 16.6 Å². The first kappa shape index (κ1) is 16.0. The van der Waals surface area contributed by atoms with Crippen LogP contribution < -0.4 is 5.73 Å². The van der Waals surface area contributed by atoms with Crippen molar-refractivity contribution in [1.82, 2.24) is 14.8 Å². The molecule has 6 nitrogen and oxygen atoms in total. The third kappa shape index (κ3) is 2.71. The molecule has 0 spiro atoms. The topological polar surface area (TPSA) is 83.0 Å². The Balaban J connectivity index is 2.03. The molecule has 3 aromatic rings. The number of ether oxygens (including phenoxy) is 1. The smallest absolute Gasteiger partial charge is 0.317 e. The highest BCUT2D eigenvalue weighted by atomic mass is 16.5. The van der Waals surface area contributed by atoms with Crippen LogP contribution in [0.3, 0.4) is 0 Å². The third-order valence-corrected chi connectivity index (χ3v) is 3.99. The second kappa shape index (κ2) is 5.96. The second-order valence-electron chi connectivity index (χ2n) is 6.09. The molecular formula is C18H20N4O2. The van der Waals surface area contributed by atoms with Crippen LogP contribution in [-0.2, 0) is 14.9 Å². The number of hydrogen-bond acceptors (Lipinski definition) is 5. The van der Waals surface area contributed by atoms with Gasteiger partial charge in [-0.15, -0.1) is 0 Å². The fourth-order valence-electron chi connectivity index (χ4n) is 2.52. The number of pyridine rings is 1. The van der Waals surface area contributed by atoms with Gasteiger partial charge in [-0.05, 0) is 45.0 Å². The van der Waals surface area contributed by atoms with Crippen LogP contribution in [0.15, 0.2) is 42.6 Å². The lowest BCUT2D eigenvalue weighted by molar-refractivity contribution is -0.148. The molecule has 2 aromatic heterocycles. The van der Waals surface area contributed by atoms with Gasteiger partial charge in [0.25, 0.3) is 0 Å². The Morgan fingerprint density at radius 1 is 1.29 bits per heavy atom. The molecule has 0 fully saturated rings. The van der Waals surface area contributed by atoms with Gasteiger partial charge in [0.15, 0.2) is 0 Å². The highest BCUT2D eigenvalue weighted by molar-refractivity contribution is 5.82. The number of esters is 1. The van der Waals surface area contributed by atoms with E-state index in [-0.39, 0.29) is 5.97 Å². The van der Waals surface area contributed by atoms with Crippen LogP contribution in [0.25, 0.3) is 16.6 Å².